The SMILES string of the molecule is CC1CCN(C(=O)C2CSCCN2)C2CCCCC12. The van der Waals surface area contributed by atoms with Gasteiger partial charge in [-0.3, -0.25) is 4.79 Å². The lowest BCUT2D eigenvalue weighted by molar-refractivity contribution is -0.140. The van der Waals surface area contributed by atoms with Crippen LogP contribution in [0.1, 0.15) is 39.0 Å². The van der Waals surface area contributed by atoms with E-state index in [4.69, 9.17) is 0 Å². The number of carbonyl (C=O) groups excluding carboxylic acids is 1. The number of carbonyl (C=O) groups is 1. The van der Waals surface area contributed by atoms with Crippen LogP contribution in [0.25, 0.3) is 0 Å². The molecule has 0 aromatic heterocycles. The van der Waals surface area contributed by atoms with Gasteiger partial charge in [0.15, 0.2) is 0 Å². The molecule has 19 heavy (non-hydrogen) atoms. The Bertz CT molecular complexity index is 330. The monoisotopic (exact) mass is 282 g/mol. The second kappa shape index (κ2) is 6.04. The second-order valence-corrected chi connectivity index (χ2v) is 7.54. The predicted octanol–water partition coefficient (Wildman–Crippen LogP) is 2.12. The van der Waals surface area contributed by atoms with E-state index in [0.717, 1.165) is 36.4 Å². The van der Waals surface area contributed by atoms with E-state index < -0.39 is 0 Å². The number of piperidine rings is 1. The van der Waals surface area contributed by atoms with Crippen LogP contribution in [0.15, 0.2) is 0 Å². The Hall–Kier alpha value is -0.220. The third-order valence-electron chi connectivity index (χ3n) is 5.24. The number of nitrogens with zero attached hydrogens (tertiary/aromatic N) is 1. The van der Waals surface area contributed by atoms with Gasteiger partial charge in [-0.25, -0.2) is 0 Å². The minimum Gasteiger partial charge on any atom is -0.338 e. The van der Waals surface area contributed by atoms with Crippen LogP contribution in [-0.4, -0.2) is 47.5 Å². The summed E-state index contributed by atoms with van der Waals surface area (Å²) < 4.78 is 0. The van der Waals surface area contributed by atoms with E-state index in [-0.39, 0.29) is 6.04 Å². The van der Waals surface area contributed by atoms with Crippen molar-refractivity contribution >= 4 is 17.7 Å². The van der Waals surface area contributed by atoms with Crippen LogP contribution < -0.4 is 5.32 Å². The van der Waals surface area contributed by atoms with Crippen molar-refractivity contribution in [1.82, 2.24) is 10.2 Å². The van der Waals surface area contributed by atoms with Gasteiger partial charge in [0, 0.05) is 30.6 Å². The van der Waals surface area contributed by atoms with Crippen LogP contribution in [0.2, 0.25) is 0 Å². The molecule has 3 rings (SSSR count). The van der Waals surface area contributed by atoms with Crippen molar-refractivity contribution in [2.75, 3.05) is 24.6 Å². The van der Waals surface area contributed by atoms with Gasteiger partial charge in [-0.2, -0.15) is 11.8 Å². The van der Waals surface area contributed by atoms with E-state index in [1.165, 1.54) is 32.1 Å². The lowest BCUT2D eigenvalue weighted by atomic mass is 9.72. The Morgan fingerprint density at radius 1 is 1.26 bits per heavy atom. The smallest absolute Gasteiger partial charge is 0.240 e. The van der Waals surface area contributed by atoms with Crippen molar-refractivity contribution in [2.24, 2.45) is 11.8 Å². The van der Waals surface area contributed by atoms with Crippen molar-refractivity contribution in [3.8, 4) is 0 Å². The third-order valence-corrected chi connectivity index (χ3v) is 6.30. The lowest BCUT2D eigenvalue weighted by Crippen LogP contribution is -2.58. The highest BCUT2D eigenvalue weighted by atomic mass is 32.2. The van der Waals surface area contributed by atoms with Crippen LogP contribution in [0.5, 0.6) is 0 Å². The van der Waals surface area contributed by atoms with Crippen LogP contribution in [0, 0.1) is 11.8 Å². The van der Waals surface area contributed by atoms with Gasteiger partial charge in [0.25, 0.3) is 0 Å². The molecule has 2 heterocycles. The number of rotatable bonds is 1. The molecular weight excluding hydrogens is 256 g/mol. The van der Waals surface area contributed by atoms with E-state index in [1.807, 2.05) is 11.8 Å². The van der Waals surface area contributed by atoms with Gasteiger partial charge < -0.3 is 10.2 Å². The van der Waals surface area contributed by atoms with Crippen LogP contribution in [0.3, 0.4) is 0 Å². The average Bonchev–Trinajstić information content (AvgIpc) is 2.48. The van der Waals surface area contributed by atoms with Gasteiger partial charge >= 0.3 is 0 Å². The van der Waals surface area contributed by atoms with Crippen LogP contribution >= 0.6 is 11.8 Å². The minimum atomic E-state index is 0.0785. The first-order valence-electron chi connectivity index (χ1n) is 7.89. The maximum atomic E-state index is 12.8. The molecule has 0 spiro atoms. The summed E-state index contributed by atoms with van der Waals surface area (Å²) in [5.74, 6) is 4.07. The Balaban J connectivity index is 1.70. The summed E-state index contributed by atoms with van der Waals surface area (Å²) in [7, 11) is 0. The van der Waals surface area contributed by atoms with Crippen molar-refractivity contribution in [3.63, 3.8) is 0 Å². The second-order valence-electron chi connectivity index (χ2n) is 6.39. The summed E-state index contributed by atoms with van der Waals surface area (Å²) in [5.41, 5.74) is 0. The highest BCUT2D eigenvalue weighted by Crippen LogP contribution is 2.39. The molecule has 0 radical (unpaired) electrons. The quantitative estimate of drug-likeness (QED) is 0.799. The van der Waals surface area contributed by atoms with Gasteiger partial charge in [0.1, 0.15) is 0 Å². The van der Waals surface area contributed by atoms with Crippen molar-refractivity contribution in [3.05, 3.63) is 0 Å². The van der Waals surface area contributed by atoms with E-state index in [1.54, 1.807) is 0 Å². The molecule has 3 nitrogen and oxygen atoms in total. The molecule has 1 N–H and O–H groups in total. The highest BCUT2D eigenvalue weighted by Gasteiger charge is 2.41. The molecule has 1 saturated carbocycles. The standard InChI is InChI=1S/C15H26N2OS/c1-11-6-8-17(14-5-3-2-4-12(11)14)15(18)13-10-19-9-7-16-13/h11-14,16H,2-10H2,1H3. The molecule has 108 valence electrons. The molecule has 4 unspecified atom stereocenters. The average molecular weight is 282 g/mol. The number of nitrogens with one attached hydrogen (secondary N) is 1. The fourth-order valence-electron chi connectivity index (χ4n) is 4.11. The molecule has 3 fully saturated rings. The molecule has 2 saturated heterocycles. The summed E-state index contributed by atoms with van der Waals surface area (Å²) >= 11 is 1.92. The number of hydrogen-bond donors (Lipinski definition) is 1. The van der Waals surface area contributed by atoms with E-state index in [9.17, 15) is 4.79 Å². The first kappa shape index (κ1) is 13.7. The van der Waals surface area contributed by atoms with Gasteiger partial charge in [-0.1, -0.05) is 19.8 Å². The zero-order valence-corrected chi connectivity index (χ0v) is 12.8. The number of thioether (sulfide) groups is 1. The van der Waals surface area contributed by atoms with Gasteiger partial charge in [0.05, 0.1) is 6.04 Å². The molecule has 3 aliphatic rings. The largest absolute Gasteiger partial charge is 0.338 e. The summed E-state index contributed by atoms with van der Waals surface area (Å²) in [4.78, 5) is 15.0. The fourth-order valence-corrected chi connectivity index (χ4v) is 5.04. The Morgan fingerprint density at radius 3 is 2.89 bits per heavy atom. The van der Waals surface area contributed by atoms with Crippen LogP contribution in [0.4, 0.5) is 0 Å². The molecular formula is C15H26N2OS. The topological polar surface area (TPSA) is 32.3 Å². The lowest BCUT2D eigenvalue weighted by Gasteiger charge is -2.48. The zero-order valence-electron chi connectivity index (χ0n) is 11.9. The first-order valence-corrected chi connectivity index (χ1v) is 9.04. The third kappa shape index (κ3) is 2.80. The van der Waals surface area contributed by atoms with E-state index in [0.29, 0.717) is 11.9 Å². The summed E-state index contributed by atoms with van der Waals surface area (Å²) in [6.45, 7) is 4.36. The normalized spacial score (nSPS) is 39.7. The Kier molecular flexibility index (Phi) is 4.37. The van der Waals surface area contributed by atoms with E-state index in [2.05, 4.69) is 17.1 Å². The molecule has 0 aromatic carbocycles. The number of hydrogen-bond acceptors (Lipinski definition) is 3. The Morgan fingerprint density at radius 2 is 2.11 bits per heavy atom. The highest BCUT2D eigenvalue weighted by molar-refractivity contribution is 7.99. The molecule has 4 atom stereocenters. The molecule has 0 bridgehead atoms. The molecule has 2 aliphatic heterocycles. The minimum absolute atomic E-state index is 0.0785. The van der Waals surface area contributed by atoms with Crippen molar-refractivity contribution in [1.29, 1.82) is 0 Å². The zero-order chi connectivity index (χ0) is 13.2. The predicted molar refractivity (Wildman–Crippen MR) is 80.4 cm³/mol. The maximum Gasteiger partial charge on any atom is 0.240 e. The molecule has 1 aliphatic carbocycles. The van der Waals surface area contributed by atoms with E-state index >= 15 is 0 Å². The number of likely N-dealkylation sites (tertiary alicyclic amines) is 1. The summed E-state index contributed by atoms with van der Waals surface area (Å²) in [5, 5.41) is 3.41. The van der Waals surface area contributed by atoms with Gasteiger partial charge in [0.2, 0.25) is 5.91 Å². The summed E-state index contributed by atoms with van der Waals surface area (Å²) in [6.07, 6.45) is 6.45. The maximum absolute atomic E-state index is 12.8. The fraction of sp³-hybridized carbons (Fsp3) is 0.933. The van der Waals surface area contributed by atoms with Crippen molar-refractivity contribution < 1.29 is 4.79 Å². The number of fused-ring (bicyclic) bond motifs is 1. The van der Waals surface area contributed by atoms with Crippen molar-refractivity contribution in [2.45, 2.75) is 51.1 Å². The molecule has 0 aromatic rings. The number of amides is 1. The molecule has 1 amide bonds. The van der Waals surface area contributed by atoms with Gasteiger partial charge in [-0.05, 0) is 31.1 Å². The van der Waals surface area contributed by atoms with Gasteiger partial charge in [-0.15, -0.1) is 0 Å². The van der Waals surface area contributed by atoms with Crippen LogP contribution in [-0.2, 0) is 4.79 Å². The first-order chi connectivity index (χ1) is 9.27. The Labute approximate surface area is 120 Å². The molecule has 4 heteroatoms. The summed E-state index contributed by atoms with van der Waals surface area (Å²) in [6, 6.07) is 0.619.